The number of phenols is 1. The molecule has 1 aromatic rings. The second-order valence-electron chi connectivity index (χ2n) is 3.47. The van der Waals surface area contributed by atoms with Crippen LogP contribution in [0, 0.1) is 0 Å². The van der Waals surface area contributed by atoms with E-state index in [1.165, 1.54) is 11.0 Å². The van der Waals surface area contributed by atoms with Gasteiger partial charge in [0.15, 0.2) is 0 Å². The number of hydrogen-bond acceptors (Lipinski definition) is 3. The number of nitrogens with zero attached hydrogens (tertiary/aromatic N) is 1. The quantitative estimate of drug-likeness (QED) is 0.757. The van der Waals surface area contributed by atoms with E-state index in [1.54, 1.807) is 12.1 Å². The molecule has 1 aromatic carbocycles. The molecule has 1 saturated heterocycles. The van der Waals surface area contributed by atoms with E-state index in [0.29, 0.717) is 5.02 Å². The van der Waals surface area contributed by atoms with Crippen LogP contribution in [-0.2, 0) is 4.79 Å². The molecule has 1 fully saturated rings. The van der Waals surface area contributed by atoms with Gasteiger partial charge in [0.1, 0.15) is 11.4 Å². The van der Waals surface area contributed by atoms with E-state index in [4.69, 9.17) is 11.6 Å². The molecule has 0 aliphatic carbocycles. The van der Waals surface area contributed by atoms with Crippen molar-refractivity contribution >= 4 is 23.2 Å². The Balaban J connectivity index is 2.41. The Morgan fingerprint density at radius 3 is 2.73 bits per heavy atom. The maximum absolute atomic E-state index is 11.5. The van der Waals surface area contributed by atoms with Crippen LogP contribution in [0.5, 0.6) is 5.75 Å². The second kappa shape index (κ2) is 3.72. The van der Waals surface area contributed by atoms with Gasteiger partial charge in [-0.2, -0.15) is 0 Å². The molecule has 1 aliphatic rings. The van der Waals surface area contributed by atoms with E-state index in [2.05, 4.69) is 0 Å². The van der Waals surface area contributed by atoms with Crippen LogP contribution in [0.4, 0.5) is 5.69 Å². The Morgan fingerprint density at radius 2 is 2.20 bits per heavy atom. The van der Waals surface area contributed by atoms with Gasteiger partial charge < -0.3 is 15.1 Å². The number of para-hydroxylation sites is 1. The van der Waals surface area contributed by atoms with Crippen molar-refractivity contribution in [2.75, 3.05) is 11.4 Å². The number of anilines is 1. The van der Waals surface area contributed by atoms with Crippen molar-refractivity contribution in [2.24, 2.45) is 0 Å². The summed E-state index contributed by atoms with van der Waals surface area (Å²) in [6.07, 6.45) is -0.613. The van der Waals surface area contributed by atoms with Gasteiger partial charge in [-0.3, -0.25) is 4.79 Å². The van der Waals surface area contributed by atoms with Crippen LogP contribution in [0.2, 0.25) is 5.02 Å². The molecule has 2 rings (SSSR count). The van der Waals surface area contributed by atoms with Crippen LogP contribution in [-0.4, -0.2) is 28.8 Å². The van der Waals surface area contributed by atoms with Crippen LogP contribution in [0.3, 0.4) is 0 Å². The predicted molar refractivity (Wildman–Crippen MR) is 56.1 cm³/mol. The highest BCUT2D eigenvalue weighted by molar-refractivity contribution is 6.34. The van der Waals surface area contributed by atoms with Gasteiger partial charge in [0, 0.05) is 0 Å². The number of phenolic OH excluding ortho intramolecular Hbond substituents is 1. The van der Waals surface area contributed by atoms with Crippen LogP contribution in [0.15, 0.2) is 18.2 Å². The van der Waals surface area contributed by atoms with Crippen molar-refractivity contribution in [3.63, 3.8) is 0 Å². The van der Waals surface area contributed by atoms with Crippen LogP contribution in [0.1, 0.15) is 6.42 Å². The highest BCUT2D eigenvalue weighted by atomic mass is 35.5. The number of carbonyl (C=O) groups is 1. The molecule has 1 heterocycles. The summed E-state index contributed by atoms with van der Waals surface area (Å²) in [7, 11) is 0. The van der Waals surface area contributed by atoms with Crippen LogP contribution >= 0.6 is 11.6 Å². The van der Waals surface area contributed by atoms with Crippen molar-refractivity contribution in [3.05, 3.63) is 23.2 Å². The number of amides is 1. The number of hydrogen-bond donors (Lipinski definition) is 2. The third kappa shape index (κ3) is 1.78. The van der Waals surface area contributed by atoms with Gasteiger partial charge in [-0.15, -0.1) is 0 Å². The zero-order valence-corrected chi connectivity index (χ0v) is 8.61. The van der Waals surface area contributed by atoms with Crippen LogP contribution in [0.25, 0.3) is 0 Å². The van der Waals surface area contributed by atoms with Gasteiger partial charge in [-0.1, -0.05) is 17.7 Å². The van der Waals surface area contributed by atoms with E-state index < -0.39 is 6.10 Å². The summed E-state index contributed by atoms with van der Waals surface area (Å²) in [6.45, 7) is 0.177. The van der Waals surface area contributed by atoms with E-state index in [-0.39, 0.29) is 30.3 Å². The fourth-order valence-electron chi connectivity index (χ4n) is 1.68. The minimum absolute atomic E-state index is 0.0510. The van der Waals surface area contributed by atoms with Crippen LogP contribution < -0.4 is 4.90 Å². The summed E-state index contributed by atoms with van der Waals surface area (Å²) in [5, 5.41) is 19.2. The lowest BCUT2D eigenvalue weighted by Gasteiger charge is -2.18. The Kier molecular flexibility index (Phi) is 2.54. The highest BCUT2D eigenvalue weighted by Crippen LogP contribution is 2.36. The number of benzene rings is 1. The average Bonchev–Trinajstić information content (AvgIpc) is 2.45. The number of aromatic hydroxyl groups is 1. The molecule has 1 amide bonds. The van der Waals surface area contributed by atoms with E-state index >= 15 is 0 Å². The minimum Gasteiger partial charge on any atom is -0.506 e. The molecule has 15 heavy (non-hydrogen) atoms. The summed E-state index contributed by atoms with van der Waals surface area (Å²) in [5.74, 6) is -0.282. The molecule has 0 saturated carbocycles. The van der Waals surface area contributed by atoms with Crippen molar-refractivity contribution < 1.29 is 15.0 Å². The minimum atomic E-state index is -0.687. The van der Waals surface area contributed by atoms with Gasteiger partial charge in [0.2, 0.25) is 5.91 Å². The smallest absolute Gasteiger partial charge is 0.229 e. The molecule has 0 bridgehead atoms. The van der Waals surface area contributed by atoms with E-state index in [0.717, 1.165) is 0 Å². The molecule has 2 N–H and O–H groups in total. The average molecular weight is 228 g/mol. The number of aliphatic hydroxyl groups is 1. The van der Waals surface area contributed by atoms with Crippen molar-refractivity contribution in [3.8, 4) is 5.75 Å². The molecule has 1 atom stereocenters. The normalized spacial score (nSPS) is 21.1. The van der Waals surface area contributed by atoms with Gasteiger partial charge in [-0.25, -0.2) is 0 Å². The monoisotopic (exact) mass is 227 g/mol. The molecule has 5 heteroatoms. The SMILES string of the molecule is O=C1CC(O)CN1c1c(O)cccc1Cl. The molecule has 4 nitrogen and oxygen atoms in total. The van der Waals surface area contributed by atoms with E-state index in [9.17, 15) is 15.0 Å². The zero-order valence-electron chi connectivity index (χ0n) is 7.85. The number of carbonyl (C=O) groups excluding carboxylic acids is 1. The van der Waals surface area contributed by atoms with Gasteiger partial charge in [0.05, 0.1) is 24.1 Å². The number of β-amino-alcohol motifs (C(OH)–C–C–N with tert-alkyl or cyclic N) is 1. The van der Waals surface area contributed by atoms with Gasteiger partial charge >= 0.3 is 0 Å². The maximum atomic E-state index is 11.5. The summed E-state index contributed by atoms with van der Waals surface area (Å²) in [5.41, 5.74) is 0.278. The first-order valence-corrected chi connectivity index (χ1v) is 4.93. The van der Waals surface area contributed by atoms with Crippen molar-refractivity contribution in [1.29, 1.82) is 0 Å². The number of rotatable bonds is 1. The topological polar surface area (TPSA) is 60.8 Å². The molecule has 0 spiro atoms. The fourth-order valence-corrected chi connectivity index (χ4v) is 1.95. The Bertz CT molecular complexity index is 387. The number of halogens is 1. The fraction of sp³-hybridized carbons (Fsp3) is 0.300. The Morgan fingerprint density at radius 1 is 1.47 bits per heavy atom. The first-order valence-electron chi connectivity index (χ1n) is 4.55. The summed E-state index contributed by atoms with van der Waals surface area (Å²) in [6, 6.07) is 4.64. The Labute approximate surface area is 91.7 Å². The molecule has 0 aromatic heterocycles. The molecular formula is C10H10ClNO3. The standard InChI is InChI=1S/C10H10ClNO3/c11-7-2-1-3-8(14)10(7)12-5-6(13)4-9(12)15/h1-3,6,13-14H,4-5H2. The molecule has 80 valence electrons. The first-order chi connectivity index (χ1) is 7.09. The van der Waals surface area contributed by atoms with E-state index in [1.807, 2.05) is 0 Å². The third-order valence-corrected chi connectivity index (χ3v) is 2.65. The molecule has 1 unspecified atom stereocenters. The lowest BCUT2D eigenvalue weighted by atomic mass is 10.2. The summed E-state index contributed by atoms with van der Waals surface area (Å²) >= 11 is 5.89. The largest absolute Gasteiger partial charge is 0.506 e. The zero-order chi connectivity index (χ0) is 11.0. The molecule has 1 aliphatic heterocycles. The lowest BCUT2D eigenvalue weighted by Crippen LogP contribution is -2.25. The van der Waals surface area contributed by atoms with Crippen molar-refractivity contribution in [1.82, 2.24) is 0 Å². The van der Waals surface area contributed by atoms with Gasteiger partial charge in [-0.05, 0) is 12.1 Å². The third-order valence-electron chi connectivity index (χ3n) is 2.34. The van der Waals surface area contributed by atoms with Crippen molar-refractivity contribution in [2.45, 2.75) is 12.5 Å². The summed E-state index contributed by atoms with van der Waals surface area (Å²) < 4.78 is 0. The Hall–Kier alpha value is -1.26. The van der Waals surface area contributed by atoms with Gasteiger partial charge in [0.25, 0.3) is 0 Å². The lowest BCUT2D eigenvalue weighted by molar-refractivity contribution is -0.117. The highest BCUT2D eigenvalue weighted by Gasteiger charge is 2.31. The maximum Gasteiger partial charge on any atom is 0.229 e. The second-order valence-corrected chi connectivity index (χ2v) is 3.88. The number of aliphatic hydroxyl groups excluding tert-OH is 1. The summed E-state index contributed by atoms with van der Waals surface area (Å²) in [4.78, 5) is 12.8. The molecule has 0 radical (unpaired) electrons. The molecular weight excluding hydrogens is 218 g/mol. The predicted octanol–water partition coefficient (Wildman–Crippen LogP) is 1.14. The first kappa shape index (κ1) is 10.3.